The minimum atomic E-state index is -1.20. The molecule has 0 aromatic heterocycles. The maximum atomic E-state index is 11.6. The number of esters is 1. The Morgan fingerprint density at radius 3 is 2.31 bits per heavy atom. The lowest BCUT2D eigenvalue weighted by Crippen LogP contribution is -2.42. The minimum absolute atomic E-state index is 0.0190. The van der Waals surface area contributed by atoms with Crippen LogP contribution in [0.3, 0.4) is 0 Å². The van der Waals surface area contributed by atoms with Gasteiger partial charge in [-0.3, -0.25) is 0 Å². The molecule has 0 unspecified atom stereocenters. The van der Waals surface area contributed by atoms with Crippen molar-refractivity contribution in [2.45, 2.75) is 43.6 Å². The van der Waals surface area contributed by atoms with Crippen molar-refractivity contribution < 1.29 is 24.5 Å². The topological polar surface area (TPSA) is 87.1 Å². The van der Waals surface area contributed by atoms with E-state index in [1.165, 1.54) is 0 Å². The summed E-state index contributed by atoms with van der Waals surface area (Å²) in [7, 11) is 3.98. The molecule has 6 heteroatoms. The number of ether oxygens (including phenoxy) is 1. The van der Waals surface area contributed by atoms with Crippen molar-refractivity contribution in [3.05, 3.63) is 42.0 Å². The van der Waals surface area contributed by atoms with E-state index in [1.807, 2.05) is 26.2 Å². The molecule has 0 saturated heterocycles. The first kappa shape index (κ1) is 20.1. The second-order valence-corrected chi connectivity index (χ2v) is 7.14. The lowest BCUT2D eigenvalue weighted by molar-refractivity contribution is -0.133. The Morgan fingerprint density at radius 2 is 1.77 bits per heavy atom. The first-order valence-electron chi connectivity index (χ1n) is 8.90. The molecule has 1 atom stereocenters. The second kappa shape index (κ2) is 8.96. The van der Waals surface area contributed by atoms with E-state index in [1.54, 1.807) is 12.1 Å². The van der Waals surface area contributed by atoms with Crippen LogP contribution in [0.5, 0.6) is 5.75 Å². The Kier molecular flexibility index (Phi) is 6.94. The fourth-order valence-electron chi connectivity index (χ4n) is 3.52. The van der Waals surface area contributed by atoms with E-state index < -0.39 is 17.5 Å². The summed E-state index contributed by atoms with van der Waals surface area (Å²) in [6.45, 7) is 0.733. The Balaban J connectivity index is 2.14. The molecule has 2 N–H and O–H groups in total. The van der Waals surface area contributed by atoms with Gasteiger partial charge >= 0.3 is 11.9 Å². The summed E-state index contributed by atoms with van der Waals surface area (Å²) >= 11 is 0. The molecule has 0 bridgehead atoms. The summed E-state index contributed by atoms with van der Waals surface area (Å²) < 4.78 is 5.09. The van der Waals surface area contributed by atoms with Gasteiger partial charge < -0.3 is 19.8 Å². The van der Waals surface area contributed by atoms with Gasteiger partial charge in [-0.05, 0) is 44.6 Å². The lowest BCUT2D eigenvalue weighted by Gasteiger charge is -2.40. The van der Waals surface area contributed by atoms with E-state index in [0.29, 0.717) is 5.75 Å². The van der Waals surface area contributed by atoms with Gasteiger partial charge in [-0.25, -0.2) is 9.59 Å². The van der Waals surface area contributed by atoms with E-state index in [2.05, 4.69) is 4.90 Å². The molecule has 0 amide bonds. The molecule has 1 saturated carbocycles. The van der Waals surface area contributed by atoms with Gasteiger partial charge in [0.15, 0.2) is 0 Å². The van der Waals surface area contributed by atoms with Crippen molar-refractivity contribution in [2.75, 3.05) is 20.6 Å². The largest absolute Gasteiger partial charge is 0.478 e. The number of nitrogens with zero attached hydrogens (tertiary/aromatic N) is 1. The van der Waals surface area contributed by atoms with E-state index >= 15 is 0 Å². The molecule has 0 heterocycles. The maximum Gasteiger partial charge on any atom is 0.336 e. The summed E-state index contributed by atoms with van der Waals surface area (Å²) in [6, 6.07) is 7.09. The van der Waals surface area contributed by atoms with Crippen molar-refractivity contribution in [3.63, 3.8) is 0 Å². The van der Waals surface area contributed by atoms with Crippen LogP contribution in [0.1, 0.15) is 43.6 Å². The van der Waals surface area contributed by atoms with Gasteiger partial charge in [-0.2, -0.15) is 0 Å². The number of carbonyl (C=O) groups excluding carboxylic acids is 1. The lowest BCUT2D eigenvalue weighted by atomic mass is 9.72. The van der Waals surface area contributed by atoms with Crippen molar-refractivity contribution in [1.82, 2.24) is 4.90 Å². The molecule has 0 spiro atoms. The first-order chi connectivity index (χ1) is 12.3. The van der Waals surface area contributed by atoms with E-state index in [9.17, 15) is 14.7 Å². The van der Waals surface area contributed by atoms with Crippen molar-refractivity contribution in [3.8, 4) is 5.75 Å². The molecule has 1 aromatic carbocycles. The highest BCUT2D eigenvalue weighted by atomic mass is 16.5. The third-order valence-corrected chi connectivity index (χ3v) is 4.78. The van der Waals surface area contributed by atoms with Crippen LogP contribution >= 0.6 is 0 Å². The number of carboxylic acids is 1. The highest BCUT2D eigenvalue weighted by Crippen LogP contribution is 2.40. The van der Waals surface area contributed by atoms with Crippen LogP contribution in [0.15, 0.2) is 36.4 Å². The number of likely N-dealkylation sites (N-methyl/N-ethyl adjacent to an activating group) is 1. The third-order valence-electron chi connectivity index (χ3n) is 4.78. The fraction of sp³-hybridized carbons (Fsp3) is 0.500. The summed E-state index contributed by atoms with van der Waals surface area (Å²) in [5.41, 5.74) is 0.286. The standard InChI is InChI=1S/C20H27NO5/c1-21(2)14-17(20(25)12-4-3-5-13-20)15-6-8-16(9-7-15)26-19(24)11-10-18(22)23/h6-11,17,25H,3-5,12-14H2,1-2H3,(H,22,23)/t17-/m0/s1. The monoisotopic (exact) mass is 361 g/mol. The number of carboxylic acid groups (broad SMARTS) is 1. The Hall–Kier alpha value is -2.18. The molecule has 26 heavy (non-hydrogen) atoms. The summed E-state index contributed by atoms with van der Waals surface area (Å²) in [6.07, 6.45) is 6.43. The van der Waals surface area contributed by atoms with Gasteiger partial charge in [0.2, 0.25) is 0 Å². The van der Waals surface area contributed by atoms with Crippen molar-refractivity contribution >= 4 is 11.9 Å². The van der Waals surface area contributed by atoms with Crippen LogP contribution in [0, 0.1) is 0 Å². The maximum absolute atomic E-state index is 11.6. The first-order valence-corrected chi connectivity index (χ1v) is 8.90. The van der Waals surface area contributed by atoms with Gasteiger partial charge in [-0.1, -0.05) is 31.4 Å². The molecule has 0 radical (unpaired) electrons. The van der Waals surface area contributed by atoms with Crippen LogP contribution in [-0.2, 0) is 9.59 Å². The number of carbonyl (C=O) groups is 2. The highest BCUT2D eigenvalue weighted by Gasteiger charge is 2.38. The predicted molar refractivity (Wildman–Crippen MR) is 98.2 cm³/mol. The van der Waals surface area contributed by atoms with Crippen LogP contribution in [-0.4, -0.2) is 53.3 Å². The van der Waals surface area contributed by atoms with E-state index in [4.69, 9.17) is 9.84 Å². The SMILES string of the molecule is CN(C)C[C@@H](c1ccc(OC(=O)C=CC(=O)O)cc1)C1(O)CCCCC1. The van der Waals surface area contributed by atoms with Crippen molar-refractivity contribution in [2.24, 2.45) is 0 Å². The number of aliphatic carboxylic acids is 1. The Morgan fingerprint density at radius 1 is 1.15 bits per heavy atom. The second-order valence-electron chi connectivity index (χ2n) is 7.14. The highest BCUT2D eigenvalue weighted by molar-refractivity contribution is 5.91. The Bertz CT molecular complexity index is 645. The average Bonchev–Trinajstić information content (AvgIpc) is 2.59. The minimum Gasteiger partial charge on any atom is -0.478 e. The molecule has 1 aliphatic rings. The number of rotatable bonds is 7. The molecule has 1 aliphatic carbocycles. The van der Waals surface area contributed by atoms with Crippen LogP contribution in [0.2, 0.25) is 0 Å². The molecule has 1 aromatic rings. The van der Waals surface area contributed by atoms with Gasteiger partial charge in [0.1, 0.15) is 5.75 Å². The smallest absolute Gasteiger partial charge is 0.336 e. The number of benzene rings is 1. The van der Waals surface area contributed by atoms with E-state index in [-0.39, 0.29) is 5.92 Å². The van der Waals surface area contributed by atoms with Crippen LogP contribution < -0.4 is 4.74 Å². The zero-order valence-corrected chi connectivity index (χ0v) is 15.4. The zero-order valence-electron chi connectivity index (χ0n) is 15.4. The van der Waals surface area contributed by atoms with Gasteiger partial charge in [0, 0.05) is 24.6 Å². The number of hydrogen-bond acceptors (Lipinski definition) is 5. The molecule has 6 nitrogen and oxygen atoms in total. The molecular weight excluding hydrogens is 334 g/mol. The Labute approximate surface area is 154 Å². The quantitative estimate of drug-likeness (QED) is 0.441. The predicted octanol–water partition coefficient (Wildman–Crippen LogP) is 2.57. The molecule has 142 valence electrons. The van der Waals surface area contributed by atoms with Crippen molar-refractivity contribution in [1.29, 1.82) is 0 Å². The molecule has 1 fully saturated rings. The van der Waals surface area contributed by atoms with Gasteiger partial charge in [0.05, 0.1) is 5.60 Å². The molecular formula is C20H27NO5. The van der Waals surface area contributed by atoms with Gasteiger partial charge in [-0.15, -0.1) is 0 Å². The van der Waals surface area contributed by atoms with Crippen LogP contribution in [0.4, 0.5) is 0 Å². The third kappa shape index (κ3) is 5.68. The normalized spacial score (nSPS) is 18.0. The fourth-order valence-corrected chi connectivity index (χ4v) is 3.52. The number of hydrogen-bond donors (Lipinski definition) is 2. The summed E-state index contributed by atoms with van der Waals surface area (Å²) in [5.74, 6) is -1.62. The van der Waals surface area contributed by atoms with Gasteiger partial charge in [0.25, 0.3) is 0 Å². The summed E-state index contributed by atoms with van der Waals surface area (Å²) in [4.78, 5) is 24.1. The molecule has 2 rings (SSSR count). The van der Waals surface area contributed by atoms with Crippen LogP contribution in [0.25, 0.3) is 0 Å². The van der Waals surface area contributed by atoms with E-state index in [0.717, 1.165) is 56.4 Å². The molecule has 0 aliphatic heterocycles. The average molecular weight is 361 g/mol. The summed E-state index contributed by atoms with van der Waals surface area (Å²) in [5, 5.41) is 19.7. The zero-order chi connectivity index (χ0) is 19.2. The number of aliphatic hydroxyl groups is 1.